The van der Waals surface area contributed by atoms with Gasteiger partial charge in [-0.2, -0.15) is 10.5 Å². The number of aryl methyl sites for hydroxylation is 2. The molecule has 8 heterocycles. The number of nitrogen functional groups attached to an aromatic ring is 2. The molecule has 2 fully saturated rings. The molecule has 0 aliphatic carbocycles. The maximum atomic E-state index is 15.9. The molecule has 2 amide bonds. The van der Waals surface area contributed by atoms with Crippen molar-refractivity contribution in [2.24, 2.45) is 0 Å². The lowest BCUT2D eigenvalue weighted by Crippen LogP contribution is -2.58. The van der Waals surface area contributed by atoms with Crippen molar-refractivity contribution in [1.29, 1.82) is 10.5 Å². The molecule has 0 spiro atoms. The van der Waals surface area contributed by atoms with Crippen molar-refractivity contribution in [3.05, 3.63) is 163 Å². The van der Waals surface area contributed by atoms with Crippen LogP contribution in [-0.2, 0) is 9.59 Å². The molecular formula is C66H58Cl5F5N14O4. The van der Waals surface area contributed by atoms with Crippen molar-refractivity contribution in [3.8, 4) is 46.0 Å². The number of nitrogens with two attached hydrogens (primary N) is 2. The van der Waals surface area contributed by atoms with E-state index in [1.165, 1.54) is 34.9 Å². The second kappa shape index (κ2) is 25.8. The zero-order valence-corrected chi connectivity index (χ0v) is 55.8. The van der Waals surface area contributed by atoms with Crippen molar-refractivity contribution >= 4 is 121 Å². The van der Waals surface area contributed by atoms with Crippen molar-refractivity contribution in [2.45, 2.75) is 105 Å². The Kier molecular flexibility index (Phi) is 18.7. The van der Waals surface area contributed by atoms with E-state index in [9.17, 15) is 28.9 Å². The standard InChI is InChI=1S/C66H58Cl5F5N14O4/c1-12-41(91)87-30(8)22-85(23-31(87)9)61-35-18-39(67)57(43-45(69)49(73)52(76)54(80)46(43)70)83-63(35)90(66(94)38(61)21-78)60-29(7)17-34(82-56(60)27(4)5)13-14-42(92)88-32(10)24-86(25-33(88)11)62-36-19-40(68)58(44-48(72)51(75)50(74)47(71)53(44)79)84-64(36)89(65(93)37(62)20-77)59-28(6)15-16-81-55(59)26(2)3/h12-19,26-27,30-33H,1,22-25,79-80H2,2-11H3/b14-13-/t30-,31+,32-,33+. The van der Waals surface area contributed by atoms with Crippen LogP contribution in [-0.4, -0.2) is 101 Å². The number of benzene rings is 2. The van der Waals surface area contributed by atoms with Crippen LogP contribution >= 0.6 is 58.0 Å². The first-order chi connectivity index (χ1) is 44.3. The van der Waals surface area contributed by atoms with Crippen LogP contribution < -0.4 is 32.4 Å². The second-order valence-corrected chi connectivity index (χ2v) is 25.9. The number of nitriles is 2. The van der Waals surface area contributed by atoms with E-state index in [4.69, 9.17) is 84.4 Å². The molecule has 2 aliphatic rings. The van der Waals surface area contributed by atoms with E-state index in [-0.39, 0.29) is 121 Å². The lowest BCUT2D eigenvalue weighted by molar-refractivity contribution is -0.131. The maximum absolute atomic E-state index is 15.9. The number of hydrogen-bond acceptors (Lipinski definition) is 14. The molecule has 0 bridgehead atoms. The predicted octanol–water partition coefficient (Wildman–Crippen LogP) is 13.7. The highest BCUT2D eigenvalue weighted by molar-refractivity contribution is 6.42. The summed E-state index contributed by atoms with van der Waals surface area (Å²) in [5.41, 5.74) is 8.42. The fourth-order valence-corrected chi connectivity index (χ4v) is 14.2. The van der Waals surface area contributed by atoms with Gasteiger partial charge in [0, 0.05) is 79.0 Å². The van der Waals surface area contributed by atoms with Gasteiger partial charge in [-0.05, 0) is 101 Å². The van der Waals surface area contributed by atoms with Crippen LogP contribution in [0.3, 0.4) is 0 Å². The van der Waals surface area contributed by atoms with Crippen LogP contribution in [0.5, 0.6) is 0 Å². The van der Waals surface area contributed by atoms with E-state index in [2.05, 4.69) is 23.7 Å². The summed E-state index contributed by atoms with van der Waals surface area (Å²) in [6.07, 6.45) is 5.56. The Bertz CT molecular complexity index is 4790. The number of anilines is 4. The molecule has 18 nitrogen and oxygen atoms in total. The molecule has 2 aliphatic heterocycles. The zero-order chi connectivity index (χ0) is 68.9. The first-order valence-corrected chi connectivity index (χ1v) is 31.3. The molecule has 0 saturated carbocycles. The summed E-state index contributed by atoms with van der Waals surface area (Å²) in [7, 11) is 0. The minimum absolute atomic E-state index is 0.0158. The van der Waals surface area contributed by atoms with Gasteiger partial charge in [-0.15, -0.1) is 0 Å². The summed E-state index contributed by atoms with van der Waals surface area (Å²) >= 11 is 33.1. The first kappa shape index (κ1) is 68.0. The highest BCUT2D eigenvalue weighted by Crippen LogP contribution is 2.47. The van der Waals surface area contributed by atoms with Crippen LogP contribution in [0.2, 0.25) is 25.1 Å². The lowest BCUT2D eigenvalue weighted by Gasteiger charge is -2.45. The Morgan fingerprint density at radius 3 is 1.53 bits per heavy atom. The number of fused-ring (bicyclic) bond motifs is 2. The first-order valence-electron chi connectivity index (χ1n) is 29.4. The van der Waals surface area contributed by atoms with E-state index < -0.39 is 114 Å². The van der Waals surface area contributed by atoms with Crippen molar-refractivity contribution in [2.75, 3.05) is 47.4 Å². The summed E-state index contributed by atoms with van der Waals surface area (Å²) < 4.78 is 78.6. The van der Waals surface area contributed by atoms with Crippen molar-refractivity contribution in [3.63, 3.8) is 0 Å². The number of carbonyl (C=O) groups excluding carboxylic acids is 2. The minimum atomic E-state index is -1.95. The number of piperazine rings is 2. The van der Waals surface area contributed by atoms with Crippen LogP contribution in [0.1, 0.15) is 107 Å². The fraction of sp³-hybridized carbons (Fsp3) is 0.303. The van der Waals surface area contributed by atoms with Crippen LogP contribution in [0.25, 0.3) is 62.0 Å². The molecule has 4 atom stereocenters. The summed E-state index contributed by atoms with van der Waals surface area (Å²) in [6.45, 7) is 21.8. The normalized spacial score (nSPS) is 16.9. The van der Waals surface area contributed by atoms with Crippen LogP contribution in [0, 0.1) is 65.6 Å². The van der Waals surface area contributed by atoms with Crippen LogP contribution in [0.4, 0.5) is 44.7 Å². The average molecular weight is 1380 g/mol. The summed E-state index contributed by atoms with van der Waals surface area (Å²) in [5, 5.41) is 19.5. The van der Waals surface area contributed by atoms with Gasteiger partial charge in [-0.1, -0.05) is 92.3 Å². The molecular weight excluding hydrogens is 1330 g/mol. The summed E-state index contributed by atoms with van der Waals surface area (Å²) in [4.78, 5) is 84.1. The Morgan fingerprint density at radius 2 is 1.06 bits per heavy atom. The quantitative estimate of drug-likeness (QED) is 0.0402. The monoisotopic (exact) mass is 1380 g/mol. The number of nitrogens with zero attached hydrogens (tertiary/aromatic N) is 12. The molecule has 0 radical (unpaired) electrons. The SMILES string of the molecule is C=CC(=O)N1[C@H](C)CN(c2c(C#N)c(=O)n(-c3c(C)cc(/C=C\C(=O)N4[C@H](C)CN(c5c(C#N)c(=O)n(-c6c(C)ccnc6C(C)C)c6nc(-c7c(N)c(Cl)c(F)c(F)c7F)c(Cl)cc56)C[C@@H]4C)nc3C(C)C)c3nc(-c4c(Cl)c(N)c(F)c(F)c4Cl)c(Cl)cc23)C[C@@H]1C. The number of halogens is 10. The number of carbonyl (C=O) groups is 2. The van der Waals surface area contributed by atoms with Gasteiger partial charge in [0.05, 0.1) is 88.2 Å². The smallest absolute Gasteiger partial charge is 0.276 e. The van der Waals surface area contributed by atoms with E-state index >= 15 is 22.8 Å². The number of pyridine rings is 6. The Labute approximate surface area is 560 Å². The maximum Gasteiger partial charge on any atom is 0.276 e. The lowest BCUT2D eigenvalue weighted by atomic mass is 10.00. The Morgan fingerprint density at radius 1 is 0.606 bits per heavy atom. The van der Waals surface area contributed by atoms with Gasteiger partial charge in [0.1, 0.15) is 39.6 Å². The van der Waals surface area contributed by atoms with Gasteiger partial charge in [-0.3, -0.25) is 38.3 Å². The zero-order valence-electron chi connectivity index (χ0n) is 52.1. The highest BCUT2D eigenvalue weighted by atomic mass is 35.5. The van der Waals surface area contributed by atoms with Crippen LogP contribution in [0.15, 0.2) is 58.8 Å². The van der Waals surface area contributed by atoms with E-state index in [0.717, 1.165) is 4.57 Å². The third-order valence-electron chi connectivity index (χ3n) is 16.9. The number of rotatable bonds is 11. The molecule has 8 aromatic rings. The second-order valence-electron chi connectivity index (χ2n) is 23.9. The number of amides is 2. The van der Waals surface area contributed by atoms with Crippen molar-refractivity contribution in [1.82, 2.24) is 38.9 Å². The average Bonchev–Trinajstić information content (AvgIpc) is 0.726. The van der Waals surface area contributed by atoms with Gasteiger partial charge < -0.3 is 31.1 Å². The molecule has 2 saturated heterocycles. The minimum Gasteiger partial charge on any atom is -0.397 e. The van der Waals surface area contributed by atoms with E-state index in [1.54, 1.807) is 93.3 Å². The number of hydrogen-bond donors (Lipinski definition) is 2. The van der Waals surface area contributed by atoms with E-state index in [0.29, 0.717) is 22.5 Å². The molecule has 94 heavy (non-hydrogen) atoms. The Balaban J connectivity index is 1.07. The van der Waals surface area contributed by atoms with Gasteiger partial charge in [-0.25, -0.2) is 31.9 Å². The fourth-order valence-electron chi connectivity index (χ4n) is 12.9. The largest absolute Gasteiger partial charge is 0.397 e. The molecule has 6 aromatic heterocycles. The van der Waals surface area contributed by atoms with Gasteiger partial charge in [0.25, 0.3) is 11.1 Å². The van der Waals surface area contributed by atoms with Gasteiger partial charge in [0.2, 0.25) is 11.8 Å². The molecule has 28 heteroatoms. The summed E-state index contributed by atoms with van der Waals surface area (Å²) in [5.74, 6) is -10.1. The number of aromatic nitrogens is 6. The Hall–Kier alpha value is -8.84. The molecule has 0 unspecified atom stereocenters. The van der Waals surface area contributed by atoms with Crippen molar-refractivity contribution < 1.29 is 31.5 Å². The molecule has 2 aromatic carbocycles. The summed E-state index contributed by atoms with van der Waals surface area (Å²) in [6, 6.07) is 7.95. The molecule has 4 N–H and O–H groups in total. The third kappa shape index (κ3) is 11.2. The topological polar surface area (TPSA) is 242 Å². The predicted molar refractivity (Wildman–Crippen MR) is 357 cm³/mol. The molecule has 486 valence electrons. The molecule has 10 rings (SSSR count). The van der Waals surface area contributed by atoms with Gasteiger partial charge in [0.15, 0.2) is 29.1 Å². The van der Waals surface area contributed by atoms with E-state index in [1.807, 2.05) is 13.8 Å². The third-order valence-corrected chi connectivity index (χ3v) is 18.6. The highest BCUT2D eigenvalue weighted by Gasteiger charge is 2.39. The van der Waals surface area contributed by atoms with Gasteiger partial charge >= 0.3 is 0 Å².